The van der Waals surface area contributed by atoms with Gasteiger partial charge in [0.2, 0.25) is 0 Å². The number of thiazole rings is 1. The second-order valence-electron chi connectivity index (χ2n) is 8.84. The maximum absolute atomic E-state index is 12.8. The highest BCUT2D eigenvalue weighted by Crippen LogP contribution is 2.47. The molecule has 2 aromatic heterocycles. The van der Waals surface area contributed by atoms with Crippen LogP contribution in [0.2, 0.25) is 0 Å². The molecule has 0 saturated carbocycles. The molecule has 3 aromatic rings. The summed E-state index contributed by atoms with van der Waals surface area (Å²) in [4.78, 5) is 39.3. The van der Waals surface area contributed by atoms with Gasteiger partial charge in [0.15, 0.2) is 11.8 Å². The first-order valence-electron chi connectivity index (χ1n) is 11.9. The molecule has 1 saturated heterocycles. The lowest BCUT2D eigenvalue weighted by Crippen LogP contribution is -2.50. The fourth-order valence-corrected chi connectivity index (χ4v) is 6.43. The number of benzene rings is 1. The van der Waals surface area contributed by atoms with E-state index in [0.717, 1.165) is 12.2 Å². The van der Waals surface area contributed by atoms with Crippen molar-refractivity contribution in [2.24, 2.45) is 10.9 Å². The number of aromatic nitrogens is 2. The number of carbonyl (C=O) groups excluding carboxylic acids is 2. The van der Waals surface area contributed by atoms with E-state index in [-0.39, 0.29) is 30.2 Å². The van der Waals surface area contributed by atoms with Crippen LogP contribution >= 0.6 is 23.1 Å². The van der Waals surface area contributed by atoms with Gasteiger partial charge < -0.3 is 20.1 Å². The molecule has 4 heterocycles. The van der Waals surface area contributed by atoms with E-state index in [0.29, 0.717) is 33.9 Å². The van der Waals surface area contributed by atoms with E-state index in [9.17, 15) is 9.59 Å². The number of carbonyl (C=O) groups is 2. The summed E-state index contributed by atoms with van der Waals surface area (Å²) in [6, 6.07) is 14.0. The van der Waals surface area contributed by atoms with Crippen LogP contribution in [0.3, 0.4) is 0 Å². The summed E-state index contributed by atoms with van der Waals surface area (Å²) in [5, 5.41) is 17.3. The number of rotatable bonds is 6. The number of thioether (sulfide) groups is 1. The first-order chi connectivity index (χ1) is 18.5. The van der Waals surface area contributed by atoms with E-state index >= 15 is 0 Å². The molecule has 0 aliphatic carbocycles. The van der Waals surface area contributed by atoms with Crippen molar-refractivity contribution >= 4 is 45.9 Å². The van der Waals surface area contributed by atoms with Crippen molar-refractivity contribution in [3.8, 4) is 11.8 Å². The van der Waals surface area contributed by atoms with Gasteiger partial charge in [0.25, 0.3) is 11.8 Å². The molecule has 1 fully saturated rings. The van der Waals surface area contributed by atoms with Gasteiger partial charge >= 0.3 is 0 Å². The Hall–Kier alpha value is -3.79. The molecule has 38 heavy (non-hydrogen) atoms. The molecule has 0 radical (unpaired) electrons. The van der Waals surface area contributed by atoms with Gasteiger partial charge in [-0.2, -0.15) is 5.26 Å². The molecular formula is C26H24N6O4S2. The zero-order valence-electron chi connectivity index (χ0n) is 20.4. The van der Waals surface area contributed by atoms with Crippen molar-refractivity contribution in [3.63, 3.8) is 0 Å². The predicted molar refractivity (Wildman–Crippen MR) is 144 cm³/mol. The Bertz CT molecular complexity index is 1390. The van der Waals surface area contributed by atoms with Gasteiger partial charge in [0, 0.05) is 22.6 Å². The molecule has 3 atom stereocenters. The van der Waals surface area contributed by atoms with Gasteiger partial charge in [-0.15, -0.1) is 11.3 Å². The van der Waals surface area contributed by atoms with E-state index < -0.39 is 11.4 Å². The quantitative estimate of drug-likeness (QED) is 0.474. The maximum Gasteiger partial charge on any atom is 0.275 e. The minimum absolute atomic E-state index is 0.0923. The number of nitrogens with zero attached hydrogens (tertiary/aromatic N) is 4. The summed E-state index contributed by atoms with van der Waals surface area (Å²) < 4.78 is 11.2. The third-order valence-corrected chi connectivity index (χ3v) is 8.29. The van der Waals surface area contributed by atoms with Crippen LogP contribution in [0.25, 0.3) is 0 Å². The van der Waals surface area contributed by atoms with Crippen LogP contribution in [0.1, 0.15) is 39.2 Å². The number of ether oxygens (including phenoxy) is 2. The van der Waals surface area contributed by atoms with Crippen molar-refractivity contribution in [2.45, 2.75) is 25.0 Å². The van der Waals surface area contributed by atoms with Gasteiger partial charge in [-0.1, -0.05) is 30.0 Å². The molecule has 2 amide bonds. The third-order valence-electron chi connectivity index (χ3n) is 6.25. The van der Waals surface area contributed by atoms with Gasteiger partial charge in [0.1, 0.15) is 33.9 Å². The number of amides is 2. The molecule has 194 valence electrons. The minimum atomic E-state index is -0.761. The lowest BCUT2D eigenvalue weighted by molar-refractivity contribution is -0.0466. The zero-order chi connectivity index (χ0) is 26.5. The average molecular weight is 549 g/mol. The lowest BCUT2D eigenvalue weighted by Gasteiger charge is -2.44. The van der Waals surface area contributed by atoms with Crippen LogP contribution in [0.15, 0.2) is 59.0 Å². The van der Waals surface area contributed by atoms with Crippen molar-refractivity contribution in [2.75, 3.05) is 24.3 Å². The molecule has 0 unspecified atom stereocenters. The van der Waals surface area contributed by atoms with Gasteiger partial charge in [-0.3, -0.25) is 9.59 Å². The van der Waals surface area contributed by atoms with Crippen LogP contribution in [-0.2, 0) is 10.3 Å². The fraction of sp³-hybridized carbons (Fsp3) is 0.308. The number of hydrogen-bond donors (Lipinski definition) is 2. The SMILES string of the molecule is C[C@H]1C[C@H]2CSC(NC(=O)c3ccccc3)=N[C@@]2(c2nc(NC(=O)c3ccc(OCC#N)cn3)cs2)CO1. The Morgan fingerprint density at radius 1 is 1.21 bits per heavy atom. The summed E-state index contributed by atoms with van der Waals surface area (Å²) in [6.45, 7) is 2.28. The number of aliphatic imine (C=N–C) groups is 1. The number of amidine groups is 1. The molecule has 0 spiro atoms. The first-order valence-corrected chi connectivity index (χ1v) is 13.8. The predicted octanol–water partition coefficient (Wildman–Crippen LogP) is 3.85. The molecule has 5 rings (SSSR count). The summed E-state index contributed by atoms with van der Waals surface area (Å²) in [6.07, 6.45) is 2.29. The number of hydrogen-bond acceptors (Lipinski definition) is 10. The lowest BCUT2D eigenvalue weighted by atomic mass is 9.80. The number of nitriles is 1. The molecule has 2 aliphatic rings. The van der Waals surface area contributed by atoms with Crippen molar-refractivity contribution in [3.05, 3.63) is 70.3 Å². The highest BCUT2D eigenvalue weighted by molar-refractivity contribution is 8.13. The minimum Gasteiger partial charge on any atom is -0.477 e. The monoisotopic (exact) mass is 548 g/mol. The van der Waals surface area contributed by atoms with Crippen LogP contribution in [0.4, 0.5) is 5.82 Å². The van der Waals surface area contributed by atoms with Gasteiger partial charge in [-0.25, -0.2) is 15.0 Å². The maximum atomic E-state index is 12.8. The van der Waals surface area contributed by atoms with E-state index in [2.05, 4.69) is 15.6 Å². The van der Waals surface area contributed by atoms with Crippen molar-refractivity contribution < 1.29 is 19.1 Å². The smallest absolute Gasteiger partial charge is 0.275 e. The molecule has 2 aliphatic heterocycles. The molecule has 0 bridgehead atoms. The van der Waals surface area contributed by atoms with Crippen LogP contribution in [0, 0.1) is 17.2 Å². The Morgan fingerprint density at radius 2 is 2.05 bits per heavy atom. The van der Waals surface area contributed by atoms with E-state index in [4.69, 9.17) is 24.7 Å². The second-order valence-corrected chi connectivity index (χ2v) is 10.7. The van der Waals surface area contributed by atoms with Gasteiger partial charge in [0.05, 0.1) is 18.9 Å². The molecule has 2 N–H and O–H groups in total. The number of nitrogens with one attached hydrogen (secondary N) is 2. The Labute approximate surface area is 227 Å². The number of pyridine rings is 1. The highest BCUT2D eigenvalue weighted by Gasteiger charge is 2.49. The van der Waals surface area contributed by atoms with E-state index in [1.165, 1.54) is 35.4 Å². The van der Waals surface area contributed by atoms with Crippen LogP contribution in [0.5, 0.6) is 5.75 Å². The highest BCUT2D eigenvalue weighted by atomic mass is 32.2. The molecular weight excluding hydrogens is 524 g/mol. The standard InChI is InChI=1S/C26H24N6O4S2/c1-16-11-18-13-38-25(31-22(33)17-5-3-2-4-6-17)32-26(18,15-36-16)24-30-21(14-37-24)29-23(34)20-8-7-19(12-28-20)35-10-9-27/h2-8,12,14,16,18H,10-11,13,15H2,1H3,(H,29,34)(H,31,32,33)/t16-,18-,26-/m0/s1. The summed E-state index contributed by atoms with van der Waals surface area (Å²) in [7, 11) is 0. The van der Waals surface area contributed by atoms with Gasteiger partial charge in [-0.05, 0) is 37.6 Å². The Morgan fingerprint density at radius 3 is 2.82 bits per heavy atom. The fourth-order valence-electron chi connectivity index (χ4n) is 4.31. The summed E-state index contributed by atoms with van der Waals surface area (Å²) >= 11 is 2.91. The van der Waals surface area contributed by atoms with Crippen LogP contribution < -0.4 is 15.4 Å². The second kappa shape index (κ2) is 11.3. The largest absolute Gasteiger partial charge is 0.477 e. The zero-order valence-corrected chi connectivity index (χ0v) is 22.1. The molecule has 1 aromatic carbocycles. The topological polar surface area (TPSA) is 139 Å². The normalized spacial score (nSPS) is 22.4. The number of anilines is 1. The summed E-state index contributed by atoms with van der Waals surface area (Å²) in [5.74, 6) is 1.06. The molecule has 10 nitrogen and oxygen atoms in total. The Kier molecular flexibility index (Phi) is 7.69. The third kappa shape index (κ3) is 5.55. The van der Waals surface area contributed by atoms with Crippen molar-refractivity contribution in [1.82, 2.24) is 15.3 Å². The Balaban J connectivity index is 1.35. The van der Waals surface area contributed by atoms with Crippen LogP contribution in [-0.4, -0.2) is 52.0 Å². The molecule has 12 heteroatoms. The first kappa shape index (κ1) is 25.8. The van der Waals surface area contributed by atoms with Crippen molar-refractivity contribution in [1.29, 1.82) is 5.26 Å². The average Bonchev–Trinajstić information content (AvgIpc) is 3.42. The number of fused-ring (bicyclic) bond motifs is 1. The van der Waals surface area contributed by atoms with E-state index in [1.54, 1.807) is 23.6 Å². The summed E-state index contributed by atoms with van der Waals surface area (Å²) in [5.41, 5.74) is -0.0198. The van der Waals surface area contributed by atoms with E-state index in [1.807, 2.05) is 31.2 Å².